The SMILES string of the molecule is CC1CC=CC=C1c1cc(-c2ccccc2)nc(-n2c3ccccc3c3cc4ccccc4c(-c4ccc(-n5c6ccccc6c6ccccc65)cc4)c32)n1. The molecule has 0 spiro atoms. The molecule has 55 heavy (non-hydrogen) atoms. The third kappa shape index (κ3) is 4.99. The van der Waals surface area contributed by atoms with Gasteiger partial charge in [-0.3, -0.25) is 4.57 Å². The first-order valence-electron chi connectivity index (χ1n) is 19.1. The smallest absolute Gasteiger partial charge is 0.235 e. The van der Waals surface area contributed by atoms with Crippen molar-refractivity contribution in [3.63, 3.8) is 0 Å². The topological polar surface area (TPSA) is 35.6 Å². The number of benzene rings is 7. The van der Waals surface area contributed by atoms with E-state index in [1.807, 2.05) is 0 Å². The minimum absolute atomic E-state index is 0.349. The Morgan fingerprint density at radius 1 is 0.509 bits per heavy atom. The first kappa shape index (κ1) is 31.5. The molecule has 11 rings (SSSR count). The molecule has 0 aliphatic heterocycles. The molecular weight excluding hydrogens is 669 g/mol. The van der Waals surface area contributed by atoms with Crippen LogP contribution in [-0.4, -0.2) is 19.1 Å². The van der Waals surface area contributed by atoms with Gasteiger partial charge in [0, 0.05) is 38.4 Å². The van der Waals surface area contributed by atoms with Gasteiger partial charge in [0.2, 0.25) is 5.95 Å². The highest BCUT2D eigenvalue weighted by Gasteiger charge is 2.23. The lowest BCUT2D eigenvalue weighted by Gasteiger charge is -2.19. The van der Waals surface area contributed by atoms with Crippen LogP contribution < -0.4 is 0 Å². The average Bonchev–Trinajstić information content (AvgIpc) is 3.76. The van der Waals surface area contributed by atoms with Crippen molar-refractivity contribution in [2.24, 2.45) is 5.92 Å². The van der Waals surface area contributed by atoms with Crippen LogP contribution in [0.3, 0.4) is 0 Å². The number of allylic oxidation sites excluding steroid dienone is 4. The van der Waals surface area contributed by atoms with E-state index in [0.29, 0.717) is 11.9 Å². The fourth-order valence-corrected chi connectivity index (χ4v) is 8.79. The Balaban J connectivity index is 1.20. The van der Waals surface area contributed by atoms with Crippen LogP contribution in [0.5, 0.6) is 0 Å². The fraction of sp³-hybridized carbons (Fsp3) is 0.0588. The van der Waals surface area contributed by atoms with Gasteiger partial charge in [0.05, 0.1) is 33.5 Å². The quantitative estimate of drug-likeness (QED) is 0.179. The van der Waals surface area contributed by atoms with Crippen molar-refractivity contribution < 1.29 is 0 Å². The minimum Gasteiger partial charge on any atom is -0.309 e. The van der Waals surface area contributed by atoms with E-state index in [1.165, 1.54) is 54.5 Å². The van der Waals surface area contributed by atoms with Gasteiger partial charge in [0.15, 0.2) is 0 Å². The molecule has 1 unspecified atom stereocenters. The predicted molar refractivity (Wildman–Crippen MR) is 230 cm³/mol. The summed E-state index contributed by atoms with van der Waals surface area (Å²) in [6, 6.07) is 58.9. The van der Waals surface area contributed by atoms with Crippen molar-refractivity contribution >= 4 is 60.0 Å². The van der Waals surface area contributed by atoms with Crippen LogP contribution in [0.4, 0.5) is 0 Å². The third-order valence-corrected chi connectivity index (χ3v) is 11.4. The Morgan fingerprint density at radius 3 is 1.78 bits per heavy atom. The first-order valence-corrected chi connectivity index (χ1v) is 19.1. The number of hydrogen-bond donors (Lipinski definition) is 0. The van der Waals surface area contributed by atoms with Crippen LogP contribution in [0.25, 0.3) is 94.0 Å². The van der Waals surface area contributed by atoms with Gasteiger partial charge in [-0.05, 0) is 76.7 Å². The highest BCUT2D eigenvalue weighted by Crippen LogP contribution is 2.43. The highest BCUT2D eigenvalue weighted by molar-refractivity contribution is 6.21. The molecule has 0 radical (unpaired) electrons. The maximum Gasteiger partial charge on any atom is 0.235 e. The van der Waals surface area contributed by atoms with Crippen LogP contribution in [-0.2, 0) is 0 Å². The first-order chi connectivity index (χ1) is 27.2. The van der Waals surface area contributed by atoms with E-state index < -0.39 is 0 Å². The molecule has 3 aromatic heterocycles. The van der Waals surface area contributed by atoms with Crippen molar-refractivity contribution in [3.05, 3.63) is 188 Å². The molecule has 1 aliphatic rings. The number of nitrogens with zero attached hydrogens (tertiary/aromatic N) is 4. The second-order valence-corrected chi connectivity index (χ2v) is 14.6. The Hall–Kier alpha value is -7.04. The van der Waals surface area contributed by atoms with E-state index in [1.54, 1.807) is 0 Å². The monoisotopic (exact) mass is 704 g/mol. The lowest BCUT2D eigenvalue weighted by molar-refractivity contribution is 0.752. The van der Waals surface area contributed by atoms with Crippen LogP contribution >= 0.6 is 0 Å². The molecule has 0 saturated heterocycles. The van der Waals surface area contributed by atoms with Gasteiger partial charge in [-0.15, -0.1) is 0 Å². The summed E-state index contributed by atoms with van der Waals surface area (Å²) in [7, 11) is 0. The summed E-state index contributed by atoms with van der Waals surface area (Å²) in [6.07, 6.45) is 7.61. The average molecular weight is 705 g/mol. The maximum atomic E-state index is 5.44. The molecule has 1 atom stereocenters. The molecule has 0 bridgehead atoms. The van der Waals surface area contributed by atoms with E-state index in [0.717, 1.165) is 45.7 Å². The Kier molecular flexibility index (Phi) is 7.17. The fourth-order valence-electron chi connectivity index (χ4n) is 8.79. The number of aromatic nitrogens is 4. The van der Waals surface area contributed by atoms with Crippen molar-refractivity contribution in [1.82, 2.24) is 19.1 Å². The van der Waals surface area contributed by atoms with Crippen LogP contribution in [0.2, 0.25) is 0 Å². The van der Waals surface area contributed by atoms with Gasteiger partial charge in [-0.2, -0.15) is 0 Å². The molecule has 0 fully saturated rings. The molecule has 0 saturated carbocycles. The summed E-state index contributed by atoms with van der Waals surface area (Å²) in [5.74, 6) is 1.02. The summed E-state index contributed by atoms with van der Waals surface area (Å²) in [5.41, 5.74) is 12.2. The van der Waals surface area contributed by atoms with Crippen molar-refractivity contribution in [3.8, 4) is 34.0 Å². The second-order valence-electron chi connectivity index (χ2n) is 14.6. The third-order valence-electron chi connectivity index (χ3n) is 11.4. The molecule has 7 aromatic carbocycles. The van der Waals surface area contributed by atoms with Gasteiger partial charge in [0.25, 0.3) is 0 Å². The Morgan fingerprint density at radius 2 is 1.09 bits per heavy atom. The zero-order valence-electron chi connectivity index (χ0n) is 30.4. The number of para-hydroxylation sites is 3. The number of hydrogen-bond acceptors (Lipinski definition) is 2. The molecular formula is C51H36N4. The standard InChI is InChI=1S/C51H36N4/c1-33-15-5-7-19-38(33)45-32-44(34-16-3-2-4-17-34)52-51(53-45)55-48-26-14-11-23-42(48)43-31-36-18-6-8-20-39(36)49(50(43)55)35-27-29-37(30-28-35)54-46-24-12-9-21-40(46)41-22-10-13-25-47(41)54/h2-14,16-33H,15H2,1H3. The minimum atomic E-state index is 0.349. The molecule has 3 heterocycles. The molecule has 10 aromatic rings. The molecule has 4 nitrogen and oxygen atoms in total. The van der Waals surface area contributed by atoms with Crippen molar-refractivity contribution in [2.45, 2.75) is 13.3 Å². The maximum absolute atomic E-state index is 5.44. The van der Waals surface area contributed by atoms with E-state index in [-0.39, 0.29) is 0 Å². The van der Waals surface area contributed by atoms with Gasteiger partial charge in [-0.1, -0.05) is 146 Å². The van der Waals surface area contributed by atoms with E-state index in [9.17, 15) is 0 Å². The highest BCUT2D eigenvalue weighted by atomic mass is 15.2. The van der Waals surface area contributed by atoms with Crippen LogP contribution in [0, 0.1) is 5.92 Å². The Labute approximate surface area is 319 Å². The normalized spacial score (nSPS) is 14.4. The zero-order valence-corrected chi connectivity index (χ0v) is 30.4. The molecule has 4 heteroatoms. The van der Waals surface area contributed by atoms with E-state index >= 15 is 0 Å². The molecule has 260 valence electrons. The lowest BCUT2D eigenvalue weighted by Crippen LogP contribution is -2.09. The summed E-state index contributed by atoms with van der Waals surface area (Å²) in [5, 5.41) is 7.26. The number of rotatable bonds is 5. The van der Waals surface area contributed by atoms with E-state index in [4.69, 9.17) is 9.97 Å². The number of fused-ring (bicyclic) bond motifs is 7. The summed E-state index contributed by atoms with van der Waals surface area (Å²) < 4.78 is 4.69. The van der Waals surface area contributed by atoms with Crippen molar-refractivity contribution in [2.75, 3.05) is 0 Å². The molecule has 0 N–H and O–H groups in total. The van der Waals surface area contributed by atoms with Gasteiger partial charge in [-0.25, -0.2) is 9.97 Å². The van der Waals surface area contributed by atoms with Crippen molar-refractivity contribution in [1.29, 1.82) is 0 Å². The summed E-state index contributed by atoms with van der Waals surface area (Å²) in [6.45, 7) is 2.28. The zero-order chi connectivity index (χ0) is 36.5. The molecule has 0 amide bonds. The van der Waals surface area contributed by atoms with Gasteiger partial charge < -0.3 is 4.57 Å². The largest absolute Gasteiger partial charge is 0.309 e. The van der Waals surface area contributed by atoms with Crippen LogP contribution in [0.15, 0.2) is 182 Å². The Bertz CT molecular complexity index is 3130. The van der Waals surface area contributed by atoms with Crippen LogP contribution in [0.1, 0.15) is 19.0 Å². The molecule has 1 aliphatic carbocycles. The van der Waals surface area contributed by atoms with Gasteiger partial charge in [0.1, 0.15) is 0 Å². The predicted octanol–water partition coefficient (Wildman–Crippen LogP) is 13.1. The summed E-state index contributed by atoms with van der Waals surface area (Å²) >= 11 is 0. The van der Waals surface area contributed by atoms with E-state index in [2.05, 4.69) is 198 Å². The van der Waals surface area contributed by atoms with Gasteiger partial charge >= 0.3 is 0 Å². The lowest BCUT2D eigenvalue weighted by atomic mass is 9.90. The second kappa shape index (κ2) is 12.5. The summed E-state index contributed by atoms with van der Waals surface area (Å²) in [4.78, 5) is 10.8.